The number of carbonyl (C=O) groups is 1. The highest BCUT2D eigenvalue weighted by atomic mass is 16.5. The summed E-state index contributed by atoms with van der Waals surface area (Å²) in [6.07, 6.45) is 2.86. The minimum atomic E-state index is -0.435. The number of hydrogen-bond donors (Lipinski definition) is 1. The minimum absolute atomic E-state index is 0.136. The maximum absolute atomic E-state index is 12.9. The zero-order valence-electron chi connectivity index (χ0n) is 15.3. The van der Waals surface area contributed by atoms with Crippen LogP contribution in [0, 0.1) is 6.92 Å². The molecule has 4 nitrogen and oxygen atoms in total. The Hall–Kier alpha value is -1.55. The van der Waals surface area contributed by atoms with Crippen molar-refractivity contribution in [3.8, 4) is 5.75 Å². The number of amides is 1. The van der Waals surface area contributed by atoms with E-state index >= 15 is 0 Å². The molecule has 0 radical (unpaired) electrons. The maximum Gasteiger partial charge on any atom is 0.263 e. The Morgan fingerprint density at radius 2 is 1.96 bits per heavy atom. The van der Waals surface area contributed by atoms with E-state index in [1.54, 1.807) is 0 Å². The molecule has 132 valence electrons. The topological polar surface area (TPSA) is 41.6 Å². The van der Waals surface area contributed by atoms with Crippen LogP contribution >= 0.6 is 0 Å². The van der Waals surface area contributed by atoms with Crippen LogP contribution < -0.4 is 10.1 Å². The van der Waals surface area contributed by atoms with Gasteiger partial charge in [-0.3, -0.25) is 4.79 Å². The van der Waals surface area contributed by atoms with Gasteiger partial charge in [0.1, 0.15) is 5.75 Å². The first-order chi connectivity index (χ1) is 11.5. The molecule has 0 aliphatic carbocycles. The molecule has 2 aliphatic rings. The van der Waals surface area contributed by atoms with Crippen molar-refractivity contribution in [3.05, 3.63) is 29.3 Å². The second-order valence-corrected chi connectivity index (χ2v) is 7.56. The first kappa shape index (κ1) is 17.3. The zero-order valence-corrected chi connectivity index (χ0v) is 15.3. The van der Waals surface area contributed by atoms with Gasteiger partial charge in [0.25, 0.3) is 5.91 Å². The molecular formula is C20H30N2O2. The van der Waals surface area contributed by atoms with Gasteiger partial charge in [0.2, 0.25) is 0 Å². The monoisotopic (exact) mass is 330 g/mol. The van der Waals surface area contributed by atoms with E-state index < -0.39 is 6.10 Å². The number of ether oxygens (including phenoxy) is 1. The number of rotatable bonds is 4. The van der Waals surface area contributed by atoms with Crippen LogP contribution in [-0.4, -0.2) is 42.1 Å². The number of hydrogen-bond acceptors (Lipinski definition) is 3. The lowest BCUT2D eigenvalue weighted by atomic mass is 9.98. The summed E-state index contributed by atoms with van der Waals surface area (Å²) in [4.78, 5) is 15.0. The first-order valence-corrected chi connectivity index (χ1v) is 9.27. The summed E-state index contributed by atoms with van der Waals surface area (Å²) in [5.74, 6) is 1.42. The fourth-order valence-electron chi connectivity index (χ4n) is 4.18. The standard InChI is InChI=1S/C20H30N2O2/c1-13(2)19-8-7-18(11-14(19)3)24-15(4)20(23)22-16-5-6-17(22)12-21-10-9-16/h7-8,11,13,15-17,21H,5-6,9-10,12H2,1-4H3. The van der Waals surface area contributed by atoms with Gasteiger partial charge in [-0.2, -0.15) is 0 Å². The van der Waals surface area contributed by atoms with Gasteiger partial charge in [0.15, 0.2) is 6.10 Å². The number of carbonyl (C=O) groups excluding carboxylic acids is 1. The predicted molar refractivity (Wildman–Crippen MR) is 96.5 cm³/mol. The molecule has 1 aromatic rings. The van der Waals surface area contributed by atoms with Gasteiger partial charge in [0, 0.05) is 18.6 Å². The molecule has 0 saturated carbocycles. The summed E-state index contributed by atoms with van der Waals surface area (Å²) in [6.45, 7) is 10.3. The Morgan fingerprint density at radius 3 is 2.67 bits per heavy atom. The van der Waals surface area contributed by atoms with Crippen LogP contribution in [0.25, 0.3) is 0 Å². The molecule has 2 saturated heterocycles. The van der Waals surface area contributed by atoms with Crippen molar-refractivity contribution in [2.24, 2.45) is 0 Å². The molecule has 2 heterocycles. The van der Waals surface area contributed by atoms with E-state index in [1.165, 1.54) is 11.1 Å². The molecule has 0 aromatic heterocycles. The lowest BCUT2D eigenvalue weighted by Gasteiger charge is -2.30. The Labute approximate surface area is 145 Å². The normalized spacial score (nSPS) is 24.8. The highest BCUT2D eigenvalue weighted by Crippen LogP contribution is 2.30. The Bertz CT molecular complexity index is 585. The highest BCUT2D eigenvalue weighted by molar-refractivity contribution is 5.82. The van der Waals surface area contributed by atoms with Gasteiger partial charge in [-0.15, -0.1) is 0 Å². The van der Waals surface area contributed by atoms with Gasteiger partial charge >= 0.3 is 0 Å². The van der Waals surface area contributed by atoms with Crippen LogP contribution in [0.3, 0.4) is 0 Å². The van der Waals surface area contributed by atoms with Crippen LogP contribution in [-0.2, 0) is 4.79 Å². The third kappa shape index (κ3) is 3.44. The fraction of sp³-hybridized carbons (Fsp3) is 0.650. The van der Waals surface area contributed by atoms with Crippen LogP contribution in [0.1, 0.15) is 57.1 Å². The first-order valence-electron chi connectivity index (χ1n) is 9.27. The van der Waals surface area contributed by atoms with Gasteiger partial charge in [-0.25, -0.2) is 0 Å². The van der Waals surface area contributed by atoms with Crippen LogP contribution in [0.15, 0.2) is 18.2 Å². The molecule has 1 aromatic carbocycles. The SMILES string of the molecule is Cc1cc(OC(C)C(=O)N2C3CCNCC2CC3)ccc1C(C)C. The lowest BCUT2D eigenvalue weighted by molar-refractivity contribution is -0.140. The molecule has 0 spiro atoms. The lowest BCUT2D eigenvalue weighted by Crippen LogP contribution is -2.48. The van der Waals surface area contributed by atoms with E-state index in [0.717, 1.165) is 38.1 Å². The van der Waals surface area contributed by atoms with Crippen molar-refractivity contribution in [3.63, 3.8) is 0 Å². The number of aryl methyl sites for hydroxylation is 1. The second kappa shape index (κ2) is 7.14. The molecule has 4 heteroatoms. The van der Waals surface area contributed by atoms with Crippen LogP contribution in [0.4, 0.5) is 0 Å². The Morgan fingerprint density at radius 1 is 1.21 bits per heavy atom. The Balaban J connectivity index is 1.69. The van der Waals surface area contributed by atoms with Crippen molar-refractivity contribution in [1.82, 2.24) is 10.2 Å². The van der Waals surface area contributed by atoms with Gasteiger partial charge < -0.3 is 15.0 Å². The molecule has 3 atom stereocenters. The summed E-state index contributed by atoms with van der Waals surface area (Å²) in [5.41, 5.74) is 2.55. The number of fused-ring (bicyclic) bond motifs is 2. The molecule has 1 N–H and O–H groups in total. The molecule has 3 unspecified atom stereocenters. The van der Waals surface area contributed by atoms with Crippen molar-refractivity contribution in [1.29, 1.82) is 0 Å². The summed E-state index contributed by atoms with van der Waals surface area (Å²) in [5, 5.41) is 3.44. The second-order valence-electron chi connectivity index (χ2n) is 7.56. The molecule has 2 fully saturated rings. The van der Waals surface area contributed by atoms with E-state index in [-0.39, 0.29) is 5.91 Å². The molecule has 3 rings (SSSR count). The quantitative estimate of drug-likeness (QED) is 0.921. The van der Waals surface area contributed by atoms with Crippen LogP contribution in [0.2, 0.25) is 0 Å². The van der Waals surface area contributed by atoms with Crippen LogP contribution in [0.5, 0.6) is 5.75 Å². The Kier molecular flexibility index (Phi) is 5.14. The number of nitrogens with zero attached hydrogens (tertiary/aromatic N) is 1. The highest BCUT2D eigenvalue weighted by Gasteiger charge is 2.40. The van der Waals surface area contributed by atoms with E-state index in [0.29, 0.717) is 18.0 Å². The summed E-state index contributed by atoms with van der Waals surface area (Å²) >= 11 is 0. The van der Waals surface area contributed by atoms with Crippen molar-refractivity contribution in [2.45, 2.75) is 71.1 Å². The molecular weight excluding hydrogens is 300 g/mol. The van der Waals surface area contributed by atoms with E-state index in [1.807, 2.05) is 13.0 Å². The van der Waals surface area contributed by atoms with E-state index in [4.69, 9.17) is 4.74 Å². The molecule has 2 aliphatic heterocycles. The van der Waals surface area contributed by atoms with Crippen molar-refractivity contribution in [2.75, 3.05) is 13.1 Å². The smallest absolute Gasteiger partial charge is 0.263 e. The van der Waals surface area contributed by atoms with Gasteiger partial charge in [-0.1, -0.05) is 19.9 Å². The largest absolute Gasteiger partial charge is 0.481 e. The average molecular weight is 330 g/mol. The molecule has 1 amide bonds. The zero-order chi connectivity index (χ0) is 17.3. The van der Waals surface area contributed by atoms with Crippen molar-refractivity contribution >= 4 is 5.91 Å². The summed E-state index contributed by atoms with van der Waals surface area (Å²) in [6, 6.07) is 6.88. The third-order valence-electron chi connectivity index (χ3n) is 5.43. The fourth-order valence-corrected chi connectivity index (χ4v) is 4.18. The summed E-state index contributed by atoms with van der Waals surface area (Å²) < 4.78 is 6.00. The average Bonchev–Trinajstić information content (AvgIpc) is 2.79. The summed E-state index contributed by atoms with van der Waals surface area (Å²) in [7, 11) is 0. The van der Waals surface area contributed by atoms with Crippen molar-refractivity contribution < 1.29 is 9.53 Å². The molecule has 24 heavy (non-hydrogen) atoms. The number of nitrogens with one attached hydrogen (secondary N) is 1. The molecule has 2 bridgehead atoms. The van der Waals surface area contributed by atoms with Gasteiger partial charge in [-0.05, 0) is 68.8 Å². The third-order valence-corrected chi connectivity index (χ3v) is 5.43. The number of benzene rings is 1. The predicted octanol–water partition coefficient (Wildman–Crippen LogP) is 3.24. The maximum atomic E-state index is 12.9. The van der Waals surface area contributed by atoms with E-state index in [2.05, 4.69) is 43.1 Å². The van der Waals surface area contributed by atoms with E-state index in [9.17, 15) is 4.79 Å². The minimum Gasteiger partial charge on any atom is -0.481 e. The van der Waals surface area contributed by atoms with Gasteiger partial charge in [0.05, 0.1) is 0 Å².